The minimum absolute atomic E-state index is 0.0521. The lowest BCUT2D eigenvalue weighted by atomic mass is 10.1. The molecule has 1 unspecified atom stereocenters. The lowest BCUT2D eigenvalue weighted by Gasteiger charge is -2.29. The van der Waals surface area contributed by atoms with Crippen molar-refractivity contribution in [1.82, 2.24) is 4.98 Å². The molecule has 2 heterocycles. The minimum Gasteiger partial charge on any atom is -0.478 e. The number of nitrogens with zero attached hydrogens (tertiary/aromatic N) is 2. The molecule has 0 radical (unpaired) electrons. The quantitative estimate of drug-likeness (QED) is 0.879. The van der Waals surface area contributed by atoms with Gasteiger partial charge in [-0.2, -0.15) is 0 Å². The van der Waals surface area contributed by atoms with Crippen LogP contribution in [0.2, 0.25) is 0 Å². The van der Waals surface area contributed by atoms with Gasteiger partial charge >= 0.3 is 5.97 Å². The van der Waals surface area contributed by atoms with E-state index in [-0.39, 0.29) is 11.6 Å². The molecule has 5 heteroatoms. The normalized spacial score (nSPS) is 20.6. The maximum absolute atomic E-state index is 13.1. The summed E-state index contributed by atoms with van der Waals surface area (Å²) in [4.78, 5) is 17.1. The highest BCUT2D eigenvalue weighted by atomic mass is 19.1. The standard InChI is InChI=1S/C13H17FN2O2/c1-9-5-3-2-4-6-16(9)12-11(13(17)18)7-10(14)8-15-12/h7-9H,2-6H2,1H3,(H,17,18). The summed E-state index contributed by atoms with van der Waals surface area (Å²) in [6.07, 6.45) is 5.39. The summed E-state index contributed by atoms with van der Waals surface area (Å²) in [7, 11) is 0. The van der Waals surface area contributed by atoms with Gasteiger partial charge in [0.1, 0.15) is 17.2 Å². The largest absolute Gasteiger partial charge is 0.478 e. The third-order valence-corrected chi connectivity index (χ3v) is 3.39. The molecule has 1 aromatic rings. The van der Waals surface area contributed by atoms with Crippen molar-refractivity contribution in [2.24, 2.45) is 0 Å². The van der Waals surface area contributed by atoms with E-state index in [0.717, 1.165) is 44.5 Å². The molecule has 1 atom stereocenters. The van der Waals surface area contributed by atoms with E-state index in [1.807, 2.05) is 4.90 Å². The highest BCUT2D eigenvalue weighted by Crippen LogP contribution is 2.25. The van der Waals surface area contributed by atoms with Crippen LogP contribution in [0.4, 0.5) is 10.2 Å². The molecule has 1 saturated heterocycles. The highest BCUT2D eigenvalue weighted by Gasteiger charge is 2.23. The van der Waals surface area contributed by atoms with E-state index >= 15 is 0 Å². The number of aromatic carboxylic acids is 1. The van der Waals surface area contributed by atoms with Crippen LogP contribution in [0.5, 0.6) is 0 Å². The van der Waals surface area contributed by atoms with Gasteiger partial charge in [-0.1, -0.05) is 12.8 Å². The maximum atomic E-state index is 13.1. The summed E-state index contributed by atoms with van der Waals surface area (Å²) in [5, 5.41) is 9.14. The van der Waals surface area contributed by atoms with Crippen LogP contribution in [-0.2, 0) is 0 Å². The molecular formula is C13H17FN2O2. The van der Waals surface area contributed by atoms with Crippen LogP contribution in [0.15, 0.2) is 12.3 Å². The summed E-state index contributed by atoms with van der Waals surface area (Å²) >= 11 is 0. The Labute approximate surface area is 105 Å². The van der Waals surface area contributed by atoms with Gasteiger partial charge in [0.05, 0.1) is 6.20 Å². The summed E-state index contributed by atoms with van der Waals surface area (Å²) in [6.45, 7) is 2.84. The molecule has 2 rings (SSSR count). The molecule has 1 aliphatic heterocycles. The van der Waals surface area contributed by atoms with Crippen LogP contribution in [0.1, 0.15) is 43.0 Å². The number of aromatic nitrogens is 1. The fraction of sp³-hybridized carbons (Fsp3) is 0.538. The van der Waals surface area contributed by atoms with Crippen molar-refractivity contribution in [3.63, 3.8) is 0 Å². The molecule has 0 aromatic carbocycles. The van der Waals surface area contributed by atoms with E-state index < -0.39 is 11.8 Å². The van der Waals surface area contributed by atoms with Crippen molar-refractivity contribution < 1.29 is 14.3 Å². The van der Waals surface area contributed by atoms with Crippen molar-refractivity contribution in [2.45, 2.75) is 38.6 Å². The smallest absolute Gasteiger partial charge is 0.339 e. The van der Waals surface area contributed by atoms with Crippen LogP contribution in [-0.4, -0.2) is 28.6 Å². The molecule has 0 saturated carbocycles. The Kier molecular flexibility index (Phi) is 3.79. The van der Waals surface area contributed by atoms with E-state index in [1.165, 1.54) is 0 Å². The topological polar surface area (TPSA) is 53.4 Å². The van der Waals surface area contributed by atoms with Crippen molar-refractivity contribution >= 4 is 11.8 Å². The SMILES string of the molecule is CC1CCCCCN1c1ncc(F)cc1C(=O)O. The Bertz CT molecular complexity index is 451. The first kappa shape index (κ1) is 12.8. The van der Waals surface area contributed by atoms with Crippen molar-refractivity contribution in [2.75, 3.05) is 11.4 Å². The predicted octanol–water partition coefficient (Wildman–Crippen LogP) is 2.69. The van der Waals surface area contributed by atoms with Gasteiger partial charge in [0, 0.05) is 12.6 Å². The molecule has 98 valence electrons. The van der Waals surface area contributed by atoms with Crippen LogP contribution < -0.4 is 4.90 Å². The third kappa shape index (κ3) is 2.60. The number of anilines is 1. The lowest BCUT2D eigenvalue weighted by molar-refractivity contribution is 0.0696. The van der Waals surface area contributed by atoms with Gasteiger partial charge < -0.3 is 10.0 Å². The van der Waals surface area contributed by atoms with Crippen LogP contribution in [0, 0.1) is 5.82 Å². The average Bonchev–Trinajstić information content (AvgIpc) is 2.54. The molecule has 1 aliphatic rings. The van der Waals surface area contributed by atoms with E-state index in [9.17, 15) is 9.18 Å². The first-order chi connectivity index (χ1) is 8.59. The van der Waals surface area contributed by atoms with E-state index in [4.69, 9.17) is 5.11 Å². The Morgan fingerprint density at radius 2 is 2.28 bits per heavy atom. The van der Waals surface area contributed by atoms with Gasteiger partial charge in [0.15, 0.2) is 0 Å². The van der Waals surface area contributed by atoms with Gasteiger partial charge in [-0.15, -0.1) is 0 Å². The van der Waals surface area contributed by atoms with Gasteiger partial charge in [-0.05, 0) is 25.8 Å². The number of carboxylic acids is 1. The summed E-state index contributed by atoms with van der Waals surface area (Å²) in [5.41, 5.74) is -0.0521. The van der Waals surface area contributed by atoms with Crippen LogP contribution in [0.3, 0.4) is 0 Å². The summed E-state index contributed by atoms with van der Waals surface area (Å²) in [5.74, 6) is -1.36. The molecule has 0 aliphatic carbocycles. The predicted molar refractivity (Wildman–Crippen MR) is 66.4 cm³/mol. The Hall–Kier alpha value is -1.65. The van der Waals surface area contributed by atoms with Gasteiger partial charge in [0.2, 0.25) is 0 Å². The van der Waals surface area contributed by atoms with Crippen molar-refractivity contribution in [3.8, 4) is 0 Å². The molecule has 0 amide bonds. The molecule has 0 bridgehead atoms. The number of halogens is 1. The fourth-order valence-corrected chi connectivity index (χ4v) is 2.41. The zero-order valence-electron chi connectivity index (χ0n) is 10.4. The zero-order valence-corrected chi connectivity index (χ0v) is 10.4. The highest BCUT2D eigenvalue weighted by molar-refractivity contribution is 5.93. The molecule has 1 aromatic heterocycles. The van der Waals surface area contributed by atoms with Crippen molar-refractivity contribution in [1.29, 1.82) is 0 Å². The Morgan fingerprint density at radius 1 is 1.50 bits per heavy atom. The molecular weight excluding hydrogens is 235 g/mol. The number of hydrogen-bond donors (Lipinski definition) is 1. The minimum atomic E-state index is -1.13. The van der Waals surface area contributed by atoms with Crippen LogP contribution >= 0.6 is 0 Å². The number of hydrogen-bond acceptors (Lipinski definition) is 3. The van der Waals surface area contributed by atoms with E-state index in [1.54, 1.807) is 0 Å². The van der Waals surface area contributed by atoms with E-state index in [2.05, 4.69) is 11.9 Å². The third-order valence-electron chi connectivity index (χ3n) is 3.39. The van der Waals surface area contributed by atoms with Crippen LogP contribution in [0.25, 0.3) is 0 Å². The monoisotopic (exact) mass is 252 g/mol. The Balaban J connectivity index is 2.39. The average molecular weight is 252 g/mol. The molecule has 1 fully saturated rings. The first-order valence-corrected chi connectivity index (χ1v) is 6.25. The number of carboxylic acid groups (broad SMARTS) is 1. The number of carbonyl (C=O) groups is 1. The summed E-state index contributed by atoms with van der Waals surface area (Å²) < 4.78 is 13.1. The van der Waals surface area contributed by atoms with Crippen molar-refractivity contribution in [3.05, 3.63) is 23.6 Å². The van der Waals surface area contributed by atoms with Gasteiger partial charge in [-0.3, -0.25) is 0 Å². The lowest BCUT2D eigenvalue weighted by Crippen LogP contribution is -2.34. The second kappa shape index (κ2) is 5.33. The second-order valence-electron chi connectivity index (χ2n) is 4.72. The molecule has 0 spiro atoms. The number of rotatable bonds is 2. The Morgan fingerprint density at radius 3 is 3.00 bits per heavy atom. The van der Waals surface area contributed by atoms with E-state index in [0.29, 0.717) is 5.82 Å². The molecule has 1 N–H and O–H groups in total. The molecule has 4 nitrogen and oxygen atoms in total. The fourth-order valence-electron chi connectivity index (χ4n) is 2.41. The maximum Gasteiger partial charge on any atom is 0.339 e. The second-order valence-corrected chi connectivity index (χ2v) is 4.72. The summed E-state index contributed by atoms with van der Waals surface area (Å²) in [6, 6.07) is 1.28. The first-order valence-electron chi connectivity index (χ1n) is 6.25. The molecule has 18 heavy (non-hydrogen) atoms. The number of pyridine rings is 1. The van der Waals surface area contributed by atoms with Gasteiger partial charge in [-0.25, -0.2) is 14.2 Å². The zero-order chi connectivity index (χ0) is 13.1. The van der Waals surface area contributed by atoms with Gasteiger partial charge in [0.25, 0.3) is 0 Å².